The average Bonchev–Trinajstić information content (AvgIpc) is 2.46. The fourth-order valence-corrected chi connectivity index (χ4v) is 1.86. The first-order chi connectivity index (χ1) is 10.1. The fraction of sp³-hybridized carbons (Fsp3) is 0.167. The number of para-hydroxylation sites is 1. The van der Waals surface area contributed by atoms with Gasteiger partial charge < -0.3 is 4.74 Å². The Bertz CT molecular complexity index is 643. The van der Waals surface area contributed by atoms with Gasteiger partial charge in [-0.15, -0.1) is 0 Å². The van der Waals surface area contributed by atoms with Crippen molar-refractivity contribution in [3.05, 3.63) is 71.6 Å². The summed E-state index contributed by atoms with van der Waals surface area (Å²) in [5, 5.41) is 0. The number of allylic oxidation sites excluding steroid dienone is 1. The highest BCUT2D eigenvalue weighted by Crippen LogP contribution is 2.21. The van der Waals surface area contributed by atoms with E-state index in [9.17, 15) is 9.18 Å². The molecule has 0 radical (unpaired) electrons. The van der Waals surface area contributed by atoms with Crippen LogP contribution in [0.3, 0.4) is 0 Å². The first kappa shape index (κ1) is 15.0. The predicted octanol–water partition coefficient (Wildman–Crippen LogP) is 4.51. The van der Waals surface area contributed by atoms with Gasteiger partial charge in [-0.3, -0.25) is 4.79 Å². The van der Waals surface area contributed by atoms with Crippen LogP contribution in [-0.2, 0) is 0 Å². The molecule has 2 rings (SSSR count). The number of ether oxygens (including phenoxy) is 1. The maximum Gasteiger partial charge on any atom is 0.185 e. The molecular weight excluding hydrogens is 267 g/mol. The molecule has 0 aliphatic heterocycles. The van der Waals surface area contributed by atoms with E-state index in [1.54, 1.807) is 6.08 Å². The Balaban J connectivity index is 2.17. The quantitative estimate of drug-likeness (QED) is 0.596. The molecule has 2 aromatic rings. The van der Waals surface area contributed by atoms with E-state index >= 15 is 0 Å². The highest BCUT2D eigenvalue weighted by Gasteiger charge is 2.04. The normalized spacial score (nSPS) is 11.0. The summed E-state index contributed by atoms with van der Waals surface area (Å²) >= 11 is 0. The van der Waals surface area contributed by atoms with Crippen molar-refractivity contribution >= 4 is 11.9 Å². The van der Waals surface area contributed by atoms with E-state index in [2.05, 4.69) is 0 Å². The molecule has 0 aliphatic rings. The molecule has 21 heavy (non-hydrogen) atoms. The summed E-state index contributed by atoms with van der Waals surface area (Å²) in [6.45, 7) is 3.90. The Kier molecular flexibility index (Phi) is 4.88. The maximum absolute atomic E-state index is 12.8. The molecule has 0 spiro atoms. The number of halogens is 1. The van der Waals surface area contributed by atoms with E-state index in [1.165, 1.54) is 30.3 Å². The number of hydrogen-bond donors (Lipinski definition) is 0. The highest BCUT2D eigenvalue weighted by atomic mass is 19.1. The molecule has 3 heteroatoms. The average molecular weight is 284 g/mol. The molecule has 0 atom stereocenters. The Morgan fingerprint density at radius 1 is 1.10 bits per heavy atom. The van der Waals surface area contributed by atoms with E-state index in [0.717, 1.165) is 11.3 Å². The molecule has 0 aliphatic carbocycles. The van der Waals surface area contributed by atoms with Crippen LogP contribution in [0.2, 0.25) is 0 Å². The SMILES string of the molecule is CC(C)Oc1ccccc1C=CC(=O)c1ccc(F)cc1. The molecule has 2 nitrogen and oxygen atoms in total. The van der Waals surface area contributed by atoms with Gasteiger partial charge in [0, 0.05) is 11.1 Å². The fourth-order valence-electron chi connectivity index (χ4n) is 1.86. The lowest BCUT2D eigenvalue weighted by Gasteiger charge is -2.11. The molecule has 0 saturated heterocycles. The highest BCUT2D eigenvalue weighted by molar-refractivity contribution is 6.06. The zero-order valence-corrected chi connectivity index (χ0v) is 12.0. The van der Waals surface area contributed by atoms with Crippen LogP contribution in [0.5, 0.6) is 5.75 Å². The number of carbonyl (C=O) groups is 1. The largest absolute Gasteiger partial charge is 0.490 e. The van der Waals surface area contributed by atoms with Gasteiger partial charge in [-0.1, -0.05) is 18.2 Å². The van der Waals surface area contributed by atoms with Crippen molar-refractivity contribution in [3.8, 4) is 5.75 Å². The first-order valence-corrected chi connectivity index (χ1v) is 6.80. The summed E-state index contributed by atoms with van der Waals surface area (Å²) in [5.74, 6) is 0.205. The van der Waals surface area contributed by atoms with Crippen LogP contribution in [0.4, 0.5) is 4.39 Å². The summed E-state index contributed by atoms with van der Waals surface area (Å²) in [5.41, 5.74) is 1.29. The van der Waals surface area contributed by atoms with E-state index in [0.29, 0.717) is 5.56 Å². The summed E-state index contributed by atoms with van der Waals surface area (Å²) in [4.78, 5) is 12.0. The molecule has 0 amide bonds. The number of benzene rings is 2. The Morgan fingerprint density at radius 2 is 1.76 bits per heavy atom. The lowest BCUT2D eigenvalue weighted by atomic mass is 10.1. The summed E-state index contributed by atoms with van der Waals surface area (Å²) in [6, 6.07) is 13.0. The van der Waals surface area contributed by atoms with Gasteiger partial charge in [-0.25, -0.2) is 4.39 Å². The van der Waals surface area contributed by atoms with Crippen LogP contribution < -0.4 is 4.74 Å². The minimum atomic E-state index is -0.355. The topological polar surface area (TPSA) is 26.3 Å². The lowest BCUT2D eigenvalue weighted by Crippen LogP contribution is -2.06. The van der Waals surface area contributed by atoms with Gasteiger partial charge in [0.05, 0.1) is 6.10 Å². The molecule has 0 N–H and O–H groups in total. The third-order valence-electron chi connectivity index (χ3n) is 2.82. The molecule has 0 heterocycles. The van der Waals surface area contributed by atoms with Crippen molar-refractivity contribution in [2.24, 2.45) is 0 Å². The smallest absolute Gasteiger partial charge is 0.185 e. The van der Waals surface area contributed by atoms with Crippen LogP contribution in [0.25, 0.3) is 6.08 Å². The summed E-state index contributed by atoms with van der Waals surface area (Å²) < 4.78 is 18.5. The Hall–Kier alpha value is -2.42. The second-order valence-electron chi connectivity index (χ2n) is 4.91. The van der Waals surface area contributed by atoms with Gasteiger partial charge in [0.1, 0.15) is 11.6 Å². The maximum atomic E-state index is 12.8. The van der Waals surface area contributed by atoms with Crippen molar-refractivity contribution in [1.29, 1.82) is 0 Å². The van der Waals surface area contributed by atoms with Crippen molar-refractivity contribution in [2.45, 2.75) is 20.0 Å². The zero-order chi connectivity index (χ0) is 15.2. The van der Waals surface area contributed by atoms with Crippen LogP contribution in [-0.4, -0.2) is 11.9 Å². The Morgan fingerprint density at radius 3 is 2.43 bits per heavy atom. The summed E-state index contributed by atoms with van der Waals surface area (Å²) in [7, 11) is 0. The predicted molar refractivity (Wildman–Crippen MR) is 82.0 cm³/mol. The van der Waals surface area contributed by atoms with Crippen LogP contribution in [0, 0.1) is 5.82 Å². The van der Waals surface area contributed by atoms with Crippen LogP contribution in [0.15, 0.2) is 54.6 Å². The second-order valence-corrected chi connectivity index (χ2v) is 4.91. The van der Waals surface area contributed by atoms with Crippen LogP contribution in [0.1, 0.15) is 29.8 Å². The first-order valence-electron chi connectivity index (χ1n) is 6.80. The molecular formula is C18H17FO2. The third-order valence-corrected chi connectivity index (χ3v) is 2.82. The van der Waals surface area contributed by atoms with E-state index in [-0.39, 0.29) is 17.7 Å². The molecule has 0 saturated carbocycles. The van der Waals surface area contributed by atoms with Crippen molar-refractivity contribution in [2.75, 3.05) is 0 Å². The van der Waals surface area contributed by atoms with Crippen molar-refractivity contribution in [3.63, 3.8) is 0 Å². The molecule has 0 unspecified atom stereocenters. The minimum absolute atomic E-state index is 0.0624. The molecule has 0 fully saturated rings. The van der Waals surface area contributed by atoms with Crippen molar-refractivity contribution < 1.29 is 13.9 Å². The lowest BCUT2D eigenvalue weighted by molar-refractivity contribution is 0.104. The number of carbonyl (C=O) groups excluding carboxylic acids is 1. The number of hydrogen-bond acceptors (Lipinski definition) is 2. The minimum Gasteiger partial charge on any atom is -0.490 e. The van der Waals surface area contributed by atoms with Gasteiger partial charge in [-0.2, -0.15) is 0 Å². The monoisotopic (exact) mass is 284 g/mol. The van der Waals surface area contributed by atoms with E-state index < -0.39 is 0 Å². The zero-order valence-electron chi connectivity index (χ0n) is 12.0. The van der Waals surface area contributed by atoms with E-state index in [1.807, 2.05) is 38.1 Å². The van der Waals surface area contributed by atoms with Gasteiger partial charge in [0.2, 0.25) is 0 Å². The molecule has 2 aromatic carbocycles. The standard InChI is InChI=1S/C18H17FO2/c1-13(2)21-18-6-4-3-5-15(18)9-12-17(20)14-7-10-16(19)11-8-14/h3-13H,1-2H3. The van der Waals surface area contributed by atoms with Crippen molar-refractivity contribution in [1.82, 2.24) is 0 Å². The number of ketones is 1. The van der Waals surface area contributed by atoms with Gasteiger partial charge in [-0.05, 0) is 56.3 Å². The molecule has 0 aromatic heterocycles. The van der Waals surface area contributed by atoms with Gasteiger partial charge >= 0.3 is 0 Å². The third kappa shape index (κ3) is 4.28. The Labute approximate surface area is 123 Å². The summed E-state index contributed by atoms with van der Waals surface area (Å²) in [6.07, 6.45) is 3.24. The van der Waals surface area contributed by atoms with Crippen LogP contribution >= 0.6 is 0 Å². The molecule has 0 bridgehead atoms. The number of rotatable bonds is 5. The molecule has 108 valence electrons. The van der Waals surface area contributed by atoms with E-state index in [4.69, 9.17) is 4.74 Å². The van der Waals surface area contributed by atoms with Gasteiger partial charge in [0.15, 0.2) is 5.78 Å². The van der Waals surface area contributed by atoms with Gasteiger partial charge in [0.25, 0.3) is 0 Å². The second kappa shape index (κ2) is 6.84.